The molecule has 0 radical (unpaired) electrons. The van der Waals surface area contributed by atoms with Crippen LogP contribution in [0.2, 0.25) is 0 Å². The Morgan fingerprint density at radius 3 is 2.52 bits per heavy atom. The zero-order valence-electron chi connectivity index (χ0n) is 14.0. The van der Waals surface area contributed by atoms with Crippen molar-refractivity contribution >= 4 is 5.97 Å². The molecule has 0 aliphatic heterocycles. The lowest BCUT2D eigenvalue weighted by atomic mass is 9.66. The number of hydrogen-bond acceptors (Lipinski definition) is 3. The average molecular weight is 316 g/mol. The van der Waals surface area contributed by atoms with Gasteiger partial charge in [-0.1, -0.05) is 26.2 Å². The Kier molecular flexibility index (Phi) is 5.24. The van der Waals surface area contributed by atoms with E-state index >= 15 is 0 Å². The summed E-state index contributed by atoms with van der Waals surface area (Å²) >= 11 is 0. The fraction of sp³-hybridized carbons (Fsp3) is 0.650. The molecule has 2 saturated carbocycles. The molecule has 0 aromatic heterocycles. The van der Waals surface area contributed by atoms with Gasteiger partial charge < -0.3 is 9.84 Å². The van der Waals surface area contributed by atoms with Gasteiger partial charge >= 0.3 is 5.97 Å². The minimum atomic E-state index is -0.256. The normalized spacial score (nSPS) is 30.5. The van der Waals surface area contributed by atoms with Crippen LogP contribution in [0.1, 0.15) is 68.6 Å². The topological polar surface area (TPSA) is 46.5 Å². The number of ether oxygens (including phenoxy) is 1. The lowest BCUT2D eigenvalue weighted by Crippen LogP contribution is -2.35. The average Bonchev–Trinajstić information content (AvgIpc) is 2.56. The van der Waals surface area contributed by atoms with Crippen LogP contribution in [-0.4, -0.2) is 17.2 Å². The van der Waals surface area contributed by atoms with Crippen LogP contribution in [0.4, 0.5) is 0 Å². The molecule has 0 unspecified atom stereocenters. The molecule has 0 spiro atoms. The largest absolute Gasteiger partial charge is 0.508 e. The molecule has 3 nitrogen and oxygen atoms in total. The van der Waals surface area contributed by atoms with Gasteiger partial charge in [0.25, 0.3) is 0 Å². The highest BCUT2D eigenvalue weighted by atomic mass is 16.5. The Labute approximate surface area is 139 Å². The van der Waals surface area contributed by atoms with Crippen LogP contribution in [0.5, 0.6) is 5.75 Å². The highest BCUT2D eigenvalue weighted by Gasteiger charge is 2.36. The number of phenols is 1. The summed E-state index contributed by atoms with van der Waals surface area (Å²) in [6.07, 6.45) is 10.0. The Morgan fingerprint density at radius 2 is 1.78 bits per heavy atom. The zero-order valence-corrected chi connectivity index (χ0v) is 14.0. The fourth-order valence-corrected chi connectivity index (χ4v) is 4.54. The summed E-state index contributed by atoms with van der Waals surface area (Å²) in [4.78, 5) is 12.2. The monoisotopic (exact) mass is 316 g/mol. The Morgan fingerprint density at radius 1 is 1.09 bits per heavy atom. The standard InChI is InChI=1S/C20H28O3/c1-2-3-14-4-5-17-13-19(11-8-16(17)12-14)23-20(22)15-6-9-18(21)10-7-15/h6-7,9-10,14,16-17,19,21H,2-5,8,11-13H2,1H3/t14-,16-,17+,19-/m1/s1. The van der Waals surface area contributed by atoms with Crippen molar-refractivity contribution in [2.75, 3.05) is 0 Å². The third kappa shape index (κ3) is 4.07. The van der Waals surface area contributed by atoms with E-state index in [-0.39, 0.29) is 17.8 Å². The van der Waals surface area contributed by atoms with Gasteiger partial charge in [0, 0.05) is 0 Å². The van der Waals surface area contributed by atoms with Gasteiger partial charge in [-0.2, -0.15) is 0 Å². The molecule has 2 aliphatic rings. The molecule has 1 N–H and O–H groups in total. The molecule has 0 heterocycles. The lowest BCUT2D eigenvalue weighted by molar-refractivity contribution is -0.00620. The summed E-state index contributed by atoms with van der Waals surface area (Å²) in [5.41, 5.74) is 0.525. The number of esters is 1. The number of benzene rings is 1. The van der Waals surface area contributed by atoms with Crippen LogP contribution < -0.4 is 0 Å². The van der Waals surface area contributed by atoms with Crippen molar-refractivity contribution in [3.8, 4) is 5.75 Å². The van der Waals surface area contributed by atoms with Gasteiger partial charge in [0.05, 0.1) is 5.56 Å². The summed E-state index contributed by atoms with van der Waals surface area (Å²) in [6, 6.07) is 6.31. The first-order chi connectivity index (χ1) is 11.2. The molecule has 1 aromatic carbocycles. The summed E-state index contributed by atoms with van der Waals surface area (Å²) in [6.45, 7) is 2.28. The molecule has 0 amide bonds. The van der Waals surface area contributed by atoms with E-state index in [2.05, 4.69) is 6.92 Å². The molecule has 4 atom stereocenters. The number of carbonyl (C=O) groups excluding carboxylic acids is 1. The van der Waals surface area contributed by atoms with E-state index in [0.29, 0.717) is 5.56 Å². The van der Waals surface area contributed by atoms with E-state index in [0.717, 1.165) is 30.6 Å². The first-order valence-electron chi connectivity index (χ1n) is 9.15. The number of rotatable bonds is 4. The molecule has 3 rings (SSSR count). The maximum absolute atomic E-state index is 12.2. The molecule has 126 valence electrons. The third-order valence-electron chi connectivity index (χ3n) is 5.75. The second-order valence-corrected chi connectivity index (χ2v) is 7.38. The molecule has 2 fully saturated rings. The summed E-state index contributed by atoms with van der Waals surface area (Å²) < 4.78 is 5.72. The van der Waals surface area contributed by atoms with E-state index in [1.807, 2.05) is 0 Å². The molecule has 1 aromatic rings. The highest BCUT2D eigenvalue weighted by Crippen LogP contribution is 2.44. The van der Waals surface area contributed by atoms with Gasteiger partial charge in [-0.15, -0.1) is 0 Å². The first-order valence-corrected chi connectivity index (χ1v) is 9.15. The van der Waals surface area contributed by atoms with E-state index in [9.17, 15) is 9.90 Å². The molecular formula is C20H28O3. The summed E-state index contributed by atoms with van der Waals surface area (Å²) in [7, 11) is 0. The molecule has 3 heteroatoms. The second kappa shape index (κ2) is 7.37. The van der Waals surface area contributed by atoms with Gasteiger partial charge in [-0.25, -0.2) is 4.79 Å². The van der Waals surface area contributed by atoms with Crippen molar-refractivity contribution in [2.45, 2.75) is 64.4 Å². The molecule has 23 heavy (non-hydrogen) atoms. The van der Waals surface area contributed by atoms with Crippen molar-refractivity contribution in [2.24, 2.45) is 17.8 Å². The smallest absolute Gasteiger partial charge is 0.338 e. The van der Waals surface area contributed by atoms with Gasteiger partial charge in [0.15, 0.2) is 0 Å². The minimum absolute atomic E-state index is 0.0697. The van der Waals surface area contributed by atoms with Crippen molar-refractivity contribution in [1.82, 2.24) is 0 Å². The summed E-state index contributed by atoms with van der Waals surface area (Å²) in [5.74, 6) is 2.44. The minimum Gasteiger partial charge on any atom is -0.508 e. The lowest BCUT2D eigenvalue weighted by Gasteiger charge is -2.41. The van der Waals surface area contributed by atoms with Crippen LogP contribution in [0.3, 0.4) is 0 Å². The van der Waals surface area contributed by atoms with Crippen LogP contribution in [0, 0.1) is 17.8 Å². The zero-order chi connectivity index (χ0) is 16.2. The summed E-state index contributed by atoms with van der Waals surface area (Å²) in [5, 5.41) is 9.30. The quantitative estimate of drug-likeness (QED) is 0.801. The van der Waals surface area contributed by atoms with Gasteiger partial charge in [-0.3, -0.25) is 0 Å². The Balaban J connectivity index is 1.52. The third-order valence-corrected chi connectivity index (χ3v) is 5.75. The van der Waals surface area contributed by atoms with Gasteiger partial charge in [0.1, 0.15) is 11.9 Å². The predicted molar refractivity (Wildman–Crippen MR) is 90.4 cm³/mol. The second-order valence-electron chi connectivity index (χ2n) is 7.38. The van der Waals surface area contributed by atoms with Crippen LogP contribution >= 0.6 is 0 Å². The molecule has 0 bridgehead atoms. The Bertz CT molecular complexity index is 522. The highest BCUT2D eigenvalue weighted by molar-refractivity contribution is 5.89. The van der Waals surface area contributed by atoms with Crippen molar-refractivity contribution in [3.05, 3.63) is 29.8 Å². The fourth-order valence-electron chi connectivity index (χ4n) is 4.54. The van der Waals surface area contributed by atoms with Crippen molar-refractivity contribution < 1.29 is 14.6 Å². The molecule has 2 aliphatic carbocycles. The molecular weight excluding hydrogens is 288 g/mol. The molecule has 0 saturated heterocycles. The van der Waals surface area contributed by atoms with Crippen LogP contribution in [0.15, 0.2) is 24.3 Å². The van der Waals surface area contributed by atoms with Crippen LogP contribution in [-0.2, 0) is 4.74 Å². The van der Waals surface area contributed by atoms with E-state index in [1.54, 1.807) is 12.1 Å². The van der Waals surface area contributed by atoms with Crippen molar-refractivity contribution in [1.29, 1.82) is 0 Å². The SMILES string of the molecule is CCC[C@@H]1CC[C@H]2C[C@H](OC(=O)c3ccc(O)cc3)CC[C@@H]2C1. The van der Waals surface area contributed by atoms with Gasteiger partial charge in [-0.05, 0) is 74.1 Å². The van der Waals surface area contributed by atoms with E-state index in [1.165, 1.54) is 50.7 Å². The van der Waals surface area contributed by atoms with E-state index < -0.39 is 0 Å². The maximum atomic E-state index is 12.2. The number of fused-ring (bicyclic) bond motifs is 1. The number of aromatic hydroxyl groups is 1. The maximum Gasteiger partial charge on any atom is 0.338 e. The number of hydrogen-bond donors (Lipinski definition) is 1. The first kappa shape index (κ1) is 16.4. The van der Waals surface area contributed by atoms with Crippen LogP contribution in [0.25, 0.3) is 0 Å². The number of carbonyl (C=O) groups is 1. The Hall–Kier alpha value is -1.51. The van der Waals surface area contributed by atoms with Gasteiger partial charge in [0.2, 0.25) is 0 Å². The van der Waals surface area contributed by atoms with Crippen molar-refractivity contribution in [3.63, 3.8) is 0 Å². The predicted octanol–water partition coefficient (Wildman–Crippen LogP) is 4.93. The number of phenolic OH excluding ortho intramolecular Hbond substituents is 1. The van der Waals surface area contributed by atoms with E-state index in [4.69, 9.17) is 4.74 Å².